The summed E-state index contributed by atoms with van der Waals surface area (Å²) in [5, 5.41) is 4.33. The molecule has 1 aliphatic rings. The number of fused-ring (bicyclic) bond motifs is 1. The second-order valence-electron chi connectivity index (χ2n) is 6.79. The van der Waals surface area contributed by atoms with E-state index in [-0.39, 0.29) is 11.7 Å². The fourth-order valence-corrected chi connectivity index (χ4v) is 3.42. The van der Waals surface area contributed by atoms with Gasteiger partial charge in [-0.05, 0) is 44.2 Å². The molecule has 7 heteroatoms. The van der Waals surface area contributed by atoms with E-state index in [1.165, 1.54) is 12.1 Å². The molecule has 0 fully saturated rings. The van der Waals surface area contributed by atoms with Crippen LogP contribution in [-0.4, -0.2) is 40.3 Å². The molecule has 1 aromatic heterocycles. The van der Waals surface area contributed by atoms with Gasteiger partial charge in [-0.1, -0.05) is 12.1 Å². The van der Waals surface area contributed by atoms with Gasteiger partial charge in [-0.15, -0.1) is 0 Å². The highest BCUT2D eigenvalue weighted by molar-refractivity contribution is 5.95. The number of rotatable bonds is 5. The fourth-order valence-electron chi connectivity index (χ4n) is 3.42. The monoisotopic (exact) mass is 395 g/mol. The molecule has 0 unspecified atom stereocenters. The molecule has 1 amide bonds. The molecule has 0 bridgehead atoms. The molecule has 0 saturated heterocycles. The van der Waals surface area contributed by atoms with Crippen molar-refractivity contribution in [1.82, 2.24) is 14.7 Å². The van der Waals surface area contributed by atoms with Gasteiger partial charge in [0.2, 0.25) is 0 Å². The van der Waals surface area contributed by atoms with Gasteiger partial charge in [0.15, 0.2) is 11.5 Å². The largest absolute Gasteiger partial charge is 0.486 e. The Hall–Kier alpha value is -3.35. The number of carbonyl (C=O) groups is 1. The van der Waals surface area contributed by atoms with Crippen molar-refractivity contribution in [3.05, 3.63) is 71.3 Å². The number of aromatic nitrogens is 2. The SMILES string of the molecule is CCN(Cc1cccc2c1OCCO2)C(=O)c1cnn(-c2ccc(F)cc2)c1C. The van der Waals surface area contributed by atoms with Crippen molar-refractivity contribution in [2.45, 2.75) is 20.4 Å². The van der Waals surface area contributed by atoms with Crippen LogP contribution >= 0.6 is 0 Å². The summed E-state index contributed by atoms with van der Waals surface area (Å²) in [6.07, 6.45) is 1.56. The fraction of sp³-hybridized carbons (Fsp3) is 0.273. The van der Waals surface area contributed by atoms with Crippen molar-refractivity contribution < 1.29 is 18.7 Å². The predicted molar refractivity (Wildman–Crippen MR) is 106 cm³/mol. The summed E-state index contributed by atoms with van der Waals surface area (Å²) in [7, 11) is 0. The zero-order chi connectivity index (χ0) is 20.4. The molecule has 0 radical (unpaired) electrons. The summed E-state index contributed by atoms with van der Waals surface area (Å²) >= 11 is 0. The van der Waals surface area contributed by atoms with E-state index in [4.69, 9.17) is 9.47 Å². The molecule has 2 heterocycles. The maximum Gasteiger partial charge on any atom is 0.257 e. The molecule has 1 aliphatic heterocycles. The van der Waals surface area contributed by atoms with Crippen LogP contribution in [0.2, 0.25) is 0 Å². The number of amides is 1. The first-order valence-corrected chi connectivity index (χ1v) is 9.55. The van der Waals surface area contributed by atoms with Gasteiger partial charge in [-0.3, -0.25) is 4.79 Å². The van der Waals surface area contributed by atoms with Crippen molar-refractivity contribution >= 4 is 5.91 Å². The number of hydrogen-bond acceptors (Lipinski definition) is 4. The number of para-hydroxylation sites is 1. The van der Waals surface area contributed by atoms with E-state index in [0.29, 0.717) is 54.7 Å². The molecule has 4 rings (SSSR count). The van der Waals surface area contributed by atoms with E-state index in [1.807, 2.05) is 32.0 Å². The Bertz CT molecular complexity index is 1030. The number of hydrogen-bond donors (Lipinski definition) is 0. The van der Waals surface area contributed by atoms with E-state index in [0.717, 1.165) is 5.56 Å². The van der Waals surface area contributed by atoms with Gasteiger partial charge in [0, 0.05) is 18.7 Å². The lowest BCUT2D eigenvalue weighted by molar-refractivity contribution is 0.0748. The topological polar surface area (TPSA) is 56.6 Å². The molecule has 0 aliphatic carbocycles. The van der Waals surface area contributed by atoms with Gasteiger partial charge in [0.25, 0.3) is 5.91 Å². The van der Waals surface area contributed by atoms with Crippen LogP contribution in [0.15, 0.2) is 48.7 Å². The Kier molecular flexibility index (Phi) is 5.20. The average Bonchev–Trinajstić information content (AvgIpc) is 3.13. The van der Waals surface area contributed by atoms with Crippen molar-refractivity contribution in [3.8, 4) is 17.2 Å². The minimum atomic E-state index is -0.315. The molecular weight excluding hydrogens is 373 g/mol. The molecule has 0 atom stereocenters. The number of nitrogens with zero attached hydrogens (tertiary/aromatic N) is 3. The Morgan fingerprint density at radius 3 is 2.69 bits per heavy atom. The maximum atomic E-state index is 13.2. The van der Waals surface area contributed by atoms with Gasteiger partial charge in [-0.25, -0.2) is 9.07 Å². The lowest BCUT2D eigenvalue weighted by atomic mass is 10.1. The highest BCUT2D eigenvalue weighted by atomic mass is 19.1. The van der Waals surface area contributed by atoms with Crippen LogP contribution in [0.4, 0.5) is 4.39 Å². The normalized spacial score (nSPS) is 12.7. The standard InChI is InChI=1S/C22H22FN3O3/c1-3-25(14-16-5-4-6-20-21(16)29-12-11-28-20)22(27)19-13-24-26(15(19)2)18-9-7-17(23)8-10-18/h4-10,13H,3,11-12,14H2,1-2H3. The summed E-state index contributed by atoms with van der Waals surface area (Å²) in [5.41, 5.74) is 2.82. The molecule has 3 aromatic rings. The second-order valence-corrected chi connectivity index (χ2v) is 6.79. The summed E-state index contributed by atoms with van der Waals surface area (Å²) in [6, 6.07) is 11.7. The van der Waals surface area contributed by atoms with E-state index in [9.17, 15) is 9.18 Å². The summed E-state index contributed by atoms with van der Waals surface area (Å²) in [4.78, 5) is 15.0. The van der Waals surface area contributed by atoms with Crippen LogP contribution in [-0.2, 0) is 6.54 Å². The van der Waals surface area contributed by atoms with Crippen LogP contribution in [0.1, 0.15) is 28.5 Å². The third kappa shape index (κ3) is 3.68. The maximum absolute atomic E-state index is 13.2. The van der Waals surface area contributed by atoms with Crippen LogP contribution < -0.4 is 9.47 Å². The molecular formula is C22H22FN3O3. The van der Waals surface area contributed by atoms with Crippen molar-refractivity contribution in [2.24, 2.45) is 0 Å². The first-order valence-electron chi connectivity index (χ1n) is 9.55. The molecule has 150 valence electrons. The lowest BCUT2D eigenvalue weighted by Crippen LogP contribution is -2.31. The number of benzene rings is 2. The average molecular weight is 395 g/mol. The number of ether oxygens (including phenoxy) is 2. The number of carbonyl (C=O) groups excluding carboxylic acids is 1. The zero-order valence-electron chi connectivity index (χ0n) is 16.4. The Morgan fingerprint density at radius 1 is 1.17 bits per heavy atom. The third-order valence-corrected chi connectivity index (χ3v) is 4.99. The first kappa shape index (κ1) is 19.0. The van der Waals surface area contributed by atoms with Crippen molar-refractivity contribution in [3.63, 3.8) is 0 Å². The van der Waals surface area contributed by atoms with Gasteiger partial charge < -0.3 is 14.4 Å². The van der Waals surface area contributed by atoms with Gasteiger partial charge in [0.05, 0.1) is 23.1 Å². The van der Waals surface area contributed by atoms with Gasteiger partial charge >= 0.3 is 0 Å². The molecule has 0 saturated carbocycles. The van der Waals surface area contributed by atoms with Crippen molar-refractivity contribution in [1.29, 1.82) is 0 Å². The van der Waals surface area contributed by atoms with Gasteiger partial charge in [-0.2, -0.15) is 5.10 Å². The minimum Gasteiger partial charge on any atom is -0.486 e. The van der Waals surface area contributed by atoms with Crippen LogP contribution in [0.5, 0.6) is 11.5 Å². The van der Waals surface area contributed by atoms with Crippen LogP contribution in [0.3, 0.4) is 0 Å². The molecule has 6 nitrogen and oxygen atoms in total. The van der Waals surface area contributed by atoms with E-state index in [2.05, 4.69) is 5.10 Å². The second kappa shape index (κ2) is 7.95. The van der Waals surface area contributed by atoms with Crippen molar-refractivity contribution in [2.75, 3.05) is 19.8 Å². The van der Waals surface area contributed by atoms with Gasteiger partial charge in [0.1, 0.15) is 19.0 Å². The first-order chi connectivity index (χ1) is 14.1. The molecule has 29 heavy (non-hydrogen) atoms. The Morgan fingerprint density at radius 2 is 1.93 bits per heavy atom. The van der Waals surface area contributed by atoms with E-state index < -0.39 is 0 Å². The highest BCUT2D eigenvalue weighted by Gasteiger charge is 2.23. The lowest BCUT2D eigenvalue weighted by Gasteiger charge is -2.25. The zero-order valence-corrected chi connectivity index (χ0v) is 16.4. The molecule has 0 spiro atoms. The summed E-state index contributed by atoms with van der Waals surface area (Å²) < 4.78 is 26.3. The quantitative estimate of drug-likeness (QED) is 0.660. The van der Waals surface area contributed by atoms with Crippen LogP contribution in [0.25, 0.3) is 5.69 Å². The highest BCUT2D eigenvalue weighted by Crippen LogP contribution is 2.34. The van der Waals surface area contributed by atoms with E-state index in [1.54, 1.807) is 27.9 Å². The summed E-state index contributed by atoms with van der Waals surface area (Å²) in [5.74, 6) is 0.971. The Labute approximate surface area is 168 Å². The predicted octanol–water partition coefficient (Wildman–Crippen LogP) is 3.75. The molecule has 2 aromatic carbocycles. The van der Waals surface area contributed by atoms with Crippen LogP contribution in [0, 0.1) is 12.7 Å². The molecule has 0 N–H and O–H groups in total. The Balaban J connectivity index is 1.59. The summed E-state index contributed by atoms with van der Waals surface area (Å²) in [6.45, 7) is 5.72. The van der Waals surface area contributed by atoms with E-state index >= 15 is 0 Å². The third-order valence-electron chi connectivity index (χ3n) is 4.99. The minimum absolute atomic E-state index is 0.118. The number of halogens is 1. The smallest absolute Gasteiger partial charge is 0.257 e.